The highest BCUT2D eigenvalue weighted by Gasteiger charge is 2.33. The number of rotatable bonds is 8. The van der Waals surface area contributed by atoms with Gasteiger partial charge in [0.05, 0.1) is 30.1 Å². The second-order valence-corrected chi connectivity index (χ2v) is 8.17. The molecule has 30 heavy (non-hydrogen) atoms. The molecule has 0 bridgehead atoms. The van der Waals surface area contributed by atoms with Crippen molar-refractivity contribution < 1.29 is 23.8 Å². The summed E-state index contributed by atoms with van der Waals surface area (Å²) in [6, 6.07) is -0.366. The fourth-order valence-electron chi connectivity index (χ4n) is 3.30. The van der Waals surface area contributed by atoms with Crippen molar-refractivity contribution in [2.24, 2.45) is 0 Å². The number of carbonyl (C=O) groups is 2. The van der Waals surface area contributed by atoms with Crippen molar-refractivity contribution in [1.82, 2.24) is 20.3 Å². The summed E-state index contributed by atoms with van der Waals surface area (Å²) in [4.78, 5) is 37.3. The number of imidazole rings is 1. The average Bonchev–Trinajstić information content (AvgIpc) is 3.29. The van der Waals surface area contributed by atoms with Crippen LogP contribution in [0.1, 0.15) is 45.0 Å². The number of aromatic amines is 1. The van der Waals surface area contributed by atoms with Crippen LogP contribution < -0.4 is 10.2 Å². The summed E-state index contributed by atoms with van der Waals surface area (Å²) in [5, 5.41) is 13.0. The van der Waals surface area contributed by atoms with Gasteiger partial charge in [-0.15, -0.1) is 0 Å². The number of halogens is 2. The minimum Gasteiger partial charge on any atom is -0.477 e. The van der Waals surface area contributed by atoms with Crippen molar-refractivity contribution in [3.8, 4) is 0 Å². The number of ether oxygens (including phenoxy) is 1. The number of aromatic carboxylic acids is 1. The second-order valence-electron chi connectivity index (χ2n) is 6.84. The van der Waals surface area contributed by atoms with E-state index >= 15 is 0 Å². The number of hydrogen-bond acceptors (Lipinski definition) is 7. The number of thiazole rings is 1. The molecule has 164 valence electrons. The Balaban J connectivity index is 1.72. The number of carbonyl (C=O) groups excluding carboxylic acids is 1. The SMILES string of the molecule is CCc1[nH]c(C(=O)NC2CCN(c3nc(C)c(C(=O)O)s3)CC2OCCF)nc1Cl. The lowest BCUT2D eigenvalue weighted by atomic mass is 10.0. The molecule has 3 heterocycles. The molecule has 1 amide bonds. The molecule has 3 rings (SSSR count). The van der Waals surface area contributed by atoms with Crippen LogP contribution in [-0.4, -0.2) is 70.5 Å². The van der Waals surface area contributed by atoms with E-state index in [9.17, 15) is 19.1 Å². The first-order chi connectivity index (χ1) is 14.3. The Kier molecular flexibility index (Phi) is 7.27. The molecule has 2 atom stereocenters. The topological polar surface area (TPSA) is 120 Å². The van der Waals surface area contributed by atoms with Crippen LogP contribution in [0.3, 0.4) is 0 Å². The van der Waals surface area contributed by atoms with Crippen LogP contribution in [0, 0.1) is 6.92 Å². The van der Waals surface area contributed by atoms with Gasteiger partial charge in [0.15, 0.2) is 16.1 Å². The molecule has 1 fully saturated rings. The predicted octanol–water partition coefficient (Wildman–Crippen LogP) is 2.45. The number of carboxylic acids is 1. The number of hydrogen-bond donors (Lipinski definition) is 3. The number of amides is 1. The first kappa shape index (κ1) is 22.4. The van der Waals surface area contributed by atoms with Crippen LogP contribution in [0.25, 0.3) is 0 Å². The van der Waals surface area contributed by atoms with E-state index in [1.807, 2.05) is 11.8 Å². The lowest BCUT2D eigenvalue weighted by Gasteiger charge is -2.38. The van der Waals surface area contributed by atoms with Gasteiger partial charge in [-0.1, -0.05) is 29.9 Å². The zero-order valence-corrected chi connectivity index (χ0v) is 18.1. The first-order valence-electron chi connectivity index (χ1n) is 9.52. The Hall–Kier alpha value is -2.24. The maximum Gasteiger partial charge on any atom is 0.347 e. The number of nitrogens with zero attached hydrogens (tertiary/aromatic N) is 3. The van der Waals surface area contributed by atoms with E-state index in [1.165, 1.54) is 0 Å². The highest BCUT2D eigenvalue weighted by atomic mass is 35.5. The van der Waals surface area contributed by atoms with E-state index in [-0.39, 0.29) is 28.5 Å². The van der Waals surface area contributed by atoms with Gasteiger partial charge in [-0.2, -0.15) is 0 Å². The number of anilines is 1. The van der Waals surface area contributed by atoms with Crippen LogP contribution in [-0.2, 0) is 11.2 Å². The van der Waals surface area contributed by atoms with Gasteiger partial charge >= 0.3 is 5.97 Å². The van der Waals surface area contributed by atoms with Gasteiger partial charge in [0.25, 0.3) is 5.91 Å². The van der Waals surface area contributed by atoms with E-state index in [1.54, 1.807) is 6.92 Å². The number of aromatic nitrogens is 3. The third-order valence-corrected chi connectivity index (χ3v) is 6.35. The number of carboxylic acid groups (broad SMARTS) is 1. The molecule has 9 nitrogen and oxygen atoms in total. The fourth-order valence-corrected chi connectivity index (χ4v) is 4.51. The third-order valence-electron chi connectivity index (χ3n) is 4.83. The van der Waals surface area contributed by atoms with Crippen molar-refractivity contribution in [2.45, 2.75) is 38.8 Å². The van der Waals surface area contributed by atoms with E-state index < -0.39 is 24.7 Å². The van der Waals surface area contributed by atoms with Gasteiger partial charge in [-0.3, -0.25) is 4.79 Å². The zero-order chi connectivity index (χ0) is 21.8. The molecule has 0 aliphatic carbocycles. The van der Waals surface area contributed by atoms with Gasteiger partial charge in [0.1, 0.15) is 11.6 Å². The van der Waals surface area contributed by atoms with Crippen LogP contribution in [0.15, 0.2) is 0 Å². The average molecular weight is 460 g/mol. The molecule has 2 aromatic rings. The summed E-state index contributed by atoms with van der Waals surface area (Å²) in [6.45, 7) is 3.67. The Labute approximate surface area is 181 Å². The van der Waals surface area contributed by atoms with E-state index in [0.29, 0.717) is 42.5 Å². The molecular formula is C18H23ClFN5O4S. The fraction of sp³-hybridized carbons (Fsp3) is 0.556. The van der Waals surface area contributed by atoms with Crippen molar-refractivity contribution in [2.75, 3.05) is 31.3 Å². The van der Waals surface area contributed by atoms with Crippen molar-refractivity contribution in [1.29, 1.82) is 0 Å². The number of piperidine rings is 1. The number of H-pyrrole nitrogens is 1. The highest BCUT2D eigenvalue weighted by Crippen LogP contribution is 2.29. The van der Waals surface area contributed by atoms with Crippen LogP contribution in [0.2, 0.25) is 5.15 Å². The normalized spacial score (nSPS) is 19.1. The minimum absolute atomic E-state index is 0.102. The molecule has 3 N–H and O–H groups in total. The lowest BCUT2D eigenvalue weighted by Crippen LogP contribution is -2.55. The second kappa shape index (κ2) is 9.71. The summed E-state index contributed by atoms with van der Waals surface area (Å²) < 4.78 is 18.4. The van der Waals surface area contributed by atoms with Crippen molar-refractivity contribution in [3.05, 3.63) is 27.2 Å². The summed E-state index contributed by atoms with van der Waals surface area (Å²) in [5.41, 5.74) is 1.12. The van der Waals surface area contributed by atoms with Gasteiger partial charge in [-0.25, -0.2) is 19.2 Å². The number of aryl methyl sites for hydroxylation is 2. The molecule has 12 heteroatoms. The standard InChI is InChI=1S/C18H23ClFN5O4S/c1-3-10-14(19)24-15(22-10)16(26)23-11-4-6-25(8-12(11)29-7-5-20)18-21-9(2)13(30-18)17(27)28/h11-12H,3-8H2,1-2H3,(H,22,24)(H,23,26)(H,27,28). The smallest absolute Gasteiger partial charge is 0.347 e. The van der Waals surface area contributed by atoms with E-state index in [0.717, 1.165) is 11.3 Å². The van der Waals surface area contributed by atoms with Crippen molar-refractivity contribution >= 4 is 39.9 Å². The molecule has 0 saturated carbocycles. The Morgan fingerprint density at radius 1 is 1.47 bits per heavy atom. The van der Waals surface area contributed by atoms with E-state index in [4.69, 9.17) is 16.3 Å². The molecule has 2 unspecified atom stereocenters. The summed E-state index contributed by atoms with van der Waals surface area (Å²) in [5.74, 6) is -1.32. The third kappa shape index (κ3) is 4.90. The molecule has 2 aromatic heterocycles. The Morgan fingerprint density at radius 2 is 2.23 bits per heavy atom. The molecule has 1 aliphatic rings. The van der Waals surface area contributed by atoms with Crippen molar-refractivity contribution in [3.63, 3.8) is 0 Å². The molecular weight excluding hydrogens is 437 g/mol. The number of nitrogens with one attached hydrogen (secondary N) is 2. The summed E-state index contributed by atoms with van der Waals surface area (Å²) >= 11 is 7.10. The van der Waals surface area contributed by atoms with Gasteiger partial charge in [0, 0.05) is 13.1 Å². The monoisotopic (exact) mass is 459 g/mol. The molecule has 0 spiro atoms. The van der Waals surface area contributed by atoms with E-state index in [2.05, 4.69) is 20.3 Å². The quantitative estimate of drug-likeness (QED) is 0.554. The Bertz CT molecular complexity index is 921. The first-order valence-corrected chi connectivity index (χ1v) is 10.7. The molecule has 0 aromatic carbocycles. The minimum atomic E-state index is -1.02. The summed E-state index contributed by atoms with van der Waals surface area (Å²) in [7, 11) is 0. The predicted molar refractivity (Wildman–Crippen MR) is 111 cm³/mol. The molecule has 1 aliphatic heterocycles. The maximum absolute atomic E-state index is 12.7. The zero-order valence-electron chi connectivity index (χ0n) is 16.6. The van der Waals surface area contributed by atoms with Crippen LogP contribution in [0.5, 0.6) is 0 Å². The number of alkyl halides is 1. The van der Waals surface area contributed by atoms with Gasteiger partial charge in [-0.05, 0) is 19.8 Å². The molecule has 1 saturated heterocycles. The van der Waals surface area contributed by atoms with Crippen LogP contribution in [0.4, 0.5) is 9.52 Å². The molecule has 0 radical (unpaired) electrons. The lowest BCUT2D eigenvalue weighted by molar-refractivity contribution is 0.0140. The van der Waals surface area contributed by atoms with Gasteiger partial charge < -0.3 is 25.0 Å². The Morgan fingerprint density at radius 3 is 2.83 bits per heavy atom. The largest absolute Gasteiger partial charge is 0.477 e. The maximum atomic E-state index is 12.7. The van der Waals surface area contributed by atoms with Gasteiger partial charge in [0.2, 0.25) is 0 Å². The summed E-state index contributed by atoms with van der Waals surface area (Å²) in [6.07, 6.45) is 0.636. The van der Waals surface area contributed by atoms with Crippen LogP contribution >= 0.6 is 22.9 Å². The highest BCUT2D eigenvalue weighted by molar-refractivity contribution is 7.17.